The second kappa shape index (κ2) is 12.6. The van der Waals surface area contributed by atoms with Crippen LogP contribution >= 0.6 is 24.0 Å². The van der Waals surface area contributed by atoms with Gasteiger partial charge in [0.05, 0.1) is 6.20 Å². The van der Waals surface area contributed by atoms with Crippen molar-refractivity contribution in [3.8, 4) is 0 Å². The Hall–Kier alpha value is -0.870. The molecule has 0 radical (unpaired) electrons. The molecule has 2 fully saturated rings. The van der Waals surface area contributed by atoms with Crippen LogP contribution in [0.1, 0.15) is 31.2 Å². The maximum Gasteiger partial charge on any atom is 0.193 e. The first-order valence-electron chi connectivity index (χ1n) is 10.3. The standard InChI is InChI=1S/C20H35N5O2.HI/c1-21-20(22-7-3-9-27-16-17-5-10-26-11-6-17)25-8-4-18(15-25)12-19-13-23-24(2)14-19;/h13-14,17-18H,3-12,15-16H2,1-2H3,(H,21,22);1H. The lowest BCUT2D eigenvalue weighted by Crippen LogP contribution is -2.40. The molecule has 0 saturated carbocycles. The van der Waals surface area contributed by atoms with Gasteiger partial charge in [-0.15, -0.1) is 24.0 Å². The average Bonchev–Trinajstić information content (AvgIpc) is 3.31. The van der Waals surface area contributed by atoms with Gasteiger partial charge in [-0.3, -0.25) is 9.67 Å². The number of hydrogen-bond donors (Lipinski definition) is 1. The van der Waals surface area contributed by atoms with Crippen molar-refractivity contribution in [3.63, 3.8) is 0 Å². The maximum atomic E-state index is 5.84. The third kappa shape index (κ3) is 7.51. The minimum absolute atomic E-state index is 0. The van der Waals surface area contributed by atoms with Crippen LogP contribution in [0.2, 0.25) is 0 Å². The number of aryl methyl sites for hydroxylation is 1. The molecule has 1 atom stereocenters. The molecule has 28 heavy (non-hydrogen) atoms. The van der Waals surface area contributed by atoms with Crippen LogP contribution in [0.4, 0.5) is 0 Å². The van der Waals surface area contributed by atoms with Gasteiger partial charge < -0.3 is 19.7 Å². The van der Waals surface area contributed by atoms with E-state index >= 15 is 0 Å². The number of likely N-dealkylation sites (tertiary alicyclic amines) is 1. The highest BCUT2D eigenvalue weighted by atomic mass is 127. The van der Waals surface area contributed by atoms with Crippen molar-refractivity contribution in [2.24, 2.45) is 23.9 Å². The molecule has 1 aromatic heterocycles. The van der Waals surface area contributed by atoms with Crippen molar-refractivity contribution >= 4 is 29.9 Å². The number of rotatable bonds is 8. The van der Waals surface area contributed by atoms with Crippen molar-refractivity contribution in [2.75, 3.05) is 53.1 Å². The highest BCUT2D eigenvalue weighted by Gasteiger charge is 2.25. The fraction of sp³-hybridized carbons (Fsp3) is 0.800. The number of hydrogen-bond acceptors (Lipinski definition) is 4. The molecule has 0 aliphatic carbocycles. The van der Waals surface area contributed by atoms with Crippen LogP contribution in [0.3, 0.4) is 0 Å². The lowest BCUT2D eigenvalue weighted by atomic mass is 10.0. The molecule has 0 spiro atoms. The Morgan fingerprint density at radius 1 is 1.32 bits per heavy atom. The van der Waals surface area contributed by atoms with E-state index in [4.69, 9.17) is 9.47 Å². The molecule has 1 aromatic rings. The molecule has 8 heteroatoms. The van der Waals surface area contributed by atoms with Crippen LogP contribution in [0.5, 0.6) is 0 Å². The van der Waals surface area contributed by atoms with Crippen LogP contribution in [-0.2, 0) is 22.9 Å². The van der Waals surface area contributed by atoms with Gasteiger partial charge in [-0.25, -0.2) is 0 Å². The van der Waals surface area contributed by atoms with Crippen LogP contribution in [0, 0.1) is 11.8 Å². The molecular formula is C20H36IN5O2. The first kappa shape index (κ1) is 23.4. The fourth-order valence-electron chi connectivity index (χ4n) is 3.97. The first-order valence-corrected chi connectivity index (χ1v) is 10.3. The molecule has 1 unspecified atom stereocenters. The van der Waals surface area contributed by atoms with E-state index < -0.39 is 0 Å². The van der Waals surface area contributed by atoms with Crippen molar-refractivity contribution in [1.82, 2.24) is 20.0 Å². The summed E-state index contributed by atoms with van der Waals surface area (Å²) in [5.41, 5.74) is 1.33. The summed E-state index contributed by atoms with van der Waals surface area (Å²) in [6, 6.07) is 0. The first-order chi connectivity index (χ1) is 13.2. The molecule has 160 valence electrons. The highest BCUT2D eigenvalue weighted by Crippen LogP contribution is 2.20. The SMILES string of the molecule is CN=C(NCCCOCC1CCOCC1)N1CCC(Cc2cnn(C)c2)C1.I. The van der Waals surface area contributed by atoms with E-state index in [1.807, 2.05) is 25.0 Å². The summed E-state index contributed by atoms with van der Waals surface area (Å²) in [5.74, 6) is 2.38. The molecule has 2 aliphatic rings. The zero-order valence-electron chi connectivity index (χ0n) is 17.3. The van der Waals surface area contributed by atoms with Gasteiger partial charge in [-0.05, 0) is 49.5 Å². The number of nitrogens with zero attached hydrogens (tertiary/aromatic N) is 4. The van der Waals surface area contributed by atoms with Gasteiger partial charge >= 0.3 is 0 Å². The molecule has 3 rings (SSSR count). The number of halogens is 1. The Morgan fingerprint density at radius 2 is 2.14 bits per heavy atom. The largest absolute Gasteiger partial charge is 0.381 e. The van der Waals surface area contributed by atoms with Gasteiger partial charge in [0, 0.05) is 66.4 Å². The zero-order chi connectivity index (χ0) is 18.9. The molecule has 0 aromatic carbocycles. The quantitative estimate of drug-likeness (QED) is 0.254. The Labute approximate surface area is 186 Å². The number of guanidine groups is 1. The predicted octanol–water partition coefficient (Wildman–Crippen LogP) is 2.31. The lowest BCUT2D eigenvalue weighted by Gasteiger charge is -2.22. The minimum Gasteiger partial charge on any atom is -0.381 e. The number of ether oxygens (including phenoxy) is 2. The van der Waals surface area contributed by atoms with E-state index in [-0.39, 0.29) is 24.0 Å². The number of nitrogens with one attached hydrogen (secondary N) is 1. The lowest BCUT2D eigenvalue weighted by molar-refractivity contribution is 0.0203. The second-order valence-corrected chi connectivity index (χ2v) is 7.79. The Kier molecular flexibility index (Phi) is 10.6. The monoisotopic (exact) mass is 505 g/mol. The molecule has 0 bridgehead atoms. The van der Waals surface area contributed by atoms with Gasteiger partial charge in [0.1, 0.15) is 0 Å². The molecular weight excluding hydrogens is 469 g/mol. The number of aliphatic imine (C=N–C) groups is 1. The van der Waals surface area contributed by atoms with Crippen LogP contribution < -0.4 is 5.32 Å². The average molecular weight is 505 g/mol. The summed E-state index contributed by atoms with van der Waals surface area (Å²) in [7, 11) is 3.85. The number of aromatic nitrogens is 2. The van der Waals surface area contributed by atoms with Crippen molar-refractivity contribution in [1.29, 1.82) is 0 Å². The van der Waals surface area contributed by atoms with E-state index in [9.17, 15) is 0 Å². The predicted molar refractivity (Wildman–Crippen MR) is 122 cm³/mol. The van der Waals surface area contributed by atoms with Crippen LogP contribution in [-0.4, -0.2) is 73.7 Å². The molecule has 0 amide bonds. The summed E-state index contributed by atoms with van der Waals surface area (Å²) in [6.45, 7) is 6.52. The van der Waals surface area contributed by atoms with Crippen LogP contribution in [0.25, 0.3) is 0 Å². The summed E-state index contributed by atoms with van der Waals surface area (Å²) in [4.78, 5) is 6.85. The molecule has 2 aliphatic heterocycles. The van der Waals surface area contributed by atoms with Crippen molar-refractivity contribution in [2.45, 2.75) is 32.1 Å². The minimum atomic E-state index is 0. The molecule has 2 saturated heterocycles. The van der Waals surface area contributed by atoms with Gasteiger partial charge in [0.15, 0.2) is 5.96 Å². The fourth-order valence-corrected chi connectivity index (χ4v) is 3.97. The van der Waals surface area contributed by atoms with Crippen LogP contribution in [0.15, 0.2) is 17.4 Å². The zero-order valence-corrected chi connectivity index (χ0v) is 19.6. The van der Waals surface area contributed by atoms with Crippen molar-refractivity contribution < 1.29 is 9.47 Å². The normalized spacial score (nSPS) is 21.0. The molecule has 7 nitrogen and oxygen atoms in total. The Balaban J connectivity index is 0.00000280. The van der Waals surface area contributed by atoms with E-state index in [1.54, 1.807) is 0 Å². The van der Waals surface area contributed by atoms with Gasteiger partial charge in [0.25, 0.3) is 0 Å². The highest BCUT2D eigenvalue weighted by molar-refractivity contribution is 14.0. The second-order valence-electron chi connectivity index (χ2n) is 7.79. The Morgan fingerprint density at radius 3 is 2.86 bits per heavy atom. The summed E-state index contributed by atoms with van der Waals surface area (Å²) in [5, 5.41) is 7.77. The van der Waals surface area contributed by atoms with E-state index in [0.717, 1.165) is 77.7 Å². The molecule has 1 N–H and O–H groups in total. The summed E-state index contributed by atoms with van der Waals surface area (Å²) >= 11 is 0. The van der Waals surface area contributed by atoms with Gasteiger partial charge in [0.2, 0.25) is 0 Å². The van der Waals surface area contributed by atoms with E-state index in [1.165, 1.54) is 12.0 Å². The summed E-state index contributed by atoms with van der Waals surface area (Å²) < 4.78 is 13.1. The Bertz CT molecular complexity index is 589. The maximum absolute atomic E-state index is 5.84. The van der Waals surface area contributed by atoms with E-state index in [0.29, 0.717) is 11.8 Å². The smallest absolute Gasteiger partial charge is 0.193 e. The van der Waals surface area contributed by atoms with E-state index in [2.05, 4.69) is 26.5 Å². The topological polar surface area (TPSA) is 63.9 Å². The third-order valence-electron chi connectivity index (χ3n) is 5.52. The van der Waals surface area contributed by atoms with Gasteiger partial charge in [-0.1, -0.05) is 0 Å². The summed E-state index contributed by atoms with van der Waals surface area (Å²) in [6.07, 6.45) is 9.70. The third-order valence-corrected chi connectivity index (χ3v) is 5.52. The van der Waals surface area contributed by atoms with Gasteiger partial charge in [-0.2, -0.15) is 5.10 Å². The van der Waals surface area contributed by atoms with Crippen molar-refractivity contribution in [3.05, 3.63) is 18.0 Å². The molecule has 3 heterocycles.